The van der Waals surface area contributed by atoms with E-state index in [1.54, 1.807) is 0 Å². The number of ether oxygens (including phenoxy) is 2. The predicted octanol–water partition coefficient (Wildman–Crippen LogP) is 2.58. The number of rotatable bonds is 7. The van der Waals surface area contributed by atoms with Gasteiger partial charge in [0, 0.05) is 44.3 Å². The Morgan fingerprint density at radius 3 is 2.67 bits per heavy atom. The highest BCUT2D eigenvalue weighted by Gasteiger charge is 2.24. The van der Waals surface area contributed by atoms with Crippen molar-refractivity contribution in [2.24, 2.45) is 5.92 Å². The molecule has 0 saturated carbocycles. The van der Waals surface area contributed by atoms with Crippen LogP contribution in [0.5, 0.6) is 5.75 Å². The third-order valence-electron chi connectivity index (χ3n) is 5.26. The molecule has 2 aliphatic heterocycles. The third-order valence-corrected chi connectivity index (χ3v) is 5.26. The maximum Gasteiger partial charge on any atom is 0.253 e. The van der Waals surface area contributed by atoms with Gasteiger partial charge in [-0.25, -0.2) is 0 Å². The Bertz CT molecular complexity index is 643. The minimum atomic E-state index is 0.0553. The Morgan fingerprint density at radius 2 is 1.89 bits per heavy atom. The normalized spacial score (nSPS) is 20.0. The van der Waals surface area contributed by atoms with Crippen molar-refractivity contribution in [3.63, 3.8) is 0 Å². The molecule has 6 nitrogen and oxygen atoms in total. The second-order valence-corrected chi connectivity index (χ2v) is 7.32. The zero-order valence-corrected chi connectivity index (χ0v) is 16.2. The first kappa shape index (κ1) is 19.7. The summed E-state index contributed by atoms with van der Waals surface area (Å²) in [7, 11) is 0. The number of likely N-dealkylation sites (tertiary alicyclic amines) is 2. The van der Waals surface area contributed by atoms with Crippen LogP contribution in [0.3, 0.4) is 0 Å². The lowest BCUT2D eigenvalue weighted by atomic mass is 9.99. The smallest absolute Gasteiger partial charge is 0.253 e. The van der Waals surface area contributed by atoms with Gasteiger partial charge in [0.25, 0.3) is 5.91 Å². The molecule has 6 heteroatoms. The van der Waals surface area contributed by atoms with Crippen molar-refractivity contribution >= 4 is 11.8 Å². The molecule has 0 N–H and O–H groups in total. The molecule has 27 heavy (non-hydrogen) atoms. The molecule has 148 valence electrons. The minimum absolute atomic E-state index is 0.0553. The van der Waals surface area contributed by atoms with Gasteiger partial charge in [0.05, 0.1) is 6.61 Å². The van der Waals surface area contributed by atoms with Gasteiger partial charge < -0.3 is 19.3 Å². The Balaban J connectivity index is 1.51. The Labute approximate surface area is 161 Å². The van der Waals surface area contributed by atoms with Crippen LogP contribution in [0.1, 0.15) is 43.0 Å². The van der Waals surface area contributed by atoms with E-state index in [9.17, 15) is 9.59 Å². The maximum absolute atomic E-state index is 12.5. The lowest BCUT2D eigenvalue weighted by molar-refractivity contribution is -0.138. The summed E-state index contributed by atoms with van der Waals surface area (Å²) >= 11 is 0. The summed E-state index contributed by atoms with van der Waals surface area (Å²) in [6.07, 6.45) is 4.20. The number of amides is 2. The average molecular weight is 374 g/mol. The van der Waals surface area contributed by atoms with Gasteiger partial charge in [-0.2, -0.15) is 0 Å². The van der Waals surface area contributed by atoms with E-state index in [-0.39, 0.29) is 18.4 Å². The number of benzene rings is 1. The number of carbonyl (C=O) groups is 2. The van der Waals surface area contributed by atoms with E-state index in [0.29, 0.717) is 31.2 Å². The van der Waals surface area contributed by atoms with E-state index in [2.05, 4.69) is 0 Å². The summed E-state index contributed by atoms with van der Waals surface area (Å²) in [5.41, 5.74) is 0.687. The van der Waals surface area contributed by atoms with Gasteiger partial charge in [-0.3, -0.25) is 9.59 Å². The summed E-state index contributed by atoms with van der Waals surface area (Å²) < 4.78 is 11.2. The maximum atomic E-state index is 12.5. The van der Waals surface area contributed by atoms with E-state index in [0.717, 1.165) is 51.1 Å². The molecule has 3 rings (SSSR count). The summed E-state index contributed by atoms with van der Waals surface area (Å²) in [6.45, 7) is 6.35. The molecule has 2 amide bonds. The molecule has 2 aliphatic rings. The predicted molar refractivity (Wildman–Crippen MR) is 103 cm³/mol. The number of nitrogens with zero attached hydrogens (tertiary/aromatic N) is 2. The molecular weight excluding hydrogens is 344 g/mol. The van der Waals surface area contributed by atoms with E-state index in [4.69, 9.17) is 9.47 Å². The first-order chi connectivity index (χ1) is 13.2. The molecule has 0 unspecified atom stereocenters. The Hall–Kier alpha value is -2.08. The van der Waals surface area contributed by atoms with Gasteiger partial charge in [-0.15, -0.1) is 0 Å². The molecule has 1 atom stereocenters. The van der Waals surface area contributed by atoms with Gasteiger partial charge in [0.15, 0.2) is 0 Å². The highest BCUT2D eigenvalue weighted by atomic mass is 16.5. The molecule has 0 bridgehead atoms. The van der Waals surface area contributed by atoms with Crippen LogP contribution >= 0.6 is 0 Å². The first-order valence-corrected chi connectivity index (χ1v) is 10.0. The monoisotopic (exact) mass is 374 g/mol. The second-order valence-electron chi connectivity index (χ2n) is 7.32. The first-order valence-electron chi connectivity index (χ1n) is 10.0. The molecule has 1 aromatic carbocycles. The summed E-state index contributed by atoms with van der Waals surface area (Å²) in [5.74, 6) is 1.17. The summed E-state index contributed by atoms with van der Waals surface area (Å²) in [5, 5.41) is 0. The van der Waals surface area contributed by atoms with E-state index >= 15 is 0 Å². The van der Waals surface area contributed by atoms with Crippen LogP contribution in [0, 0.1) is 5.92 Å². The van der Waals surface area contributed by atoms with Crippen molar-refractivity contribution in [3.8, 4) is 5.75 Å². The number of hydrogen-bond donors (Lipinski definition) is 0. The number of piperidine rings is 1. The van der Waals surface area contributed by atoms with Crippen molar-refractivity contribution in [1.82, 2.24) is 9.80 Å². The zero-order valence-electron chi connectivity index (χ0n) is 16.2. The number of carbonyl (C=O) groups excluding carboxylic acids is 2. The Morgan fingerprint density at radius 1 is 1.11 bits per heavy atom. The quantitative estimate of drug-likeness (QED) is 0.736. The Kier molecular flexibility index (Phi) is 7.10. The fraction of sp³-hybridized carbons (Fsp3) is 0.619. The van der Waals surface area contributed by atoms with Crippen LogP contribution in [0.2, 0.25) is 0 Å². The lowest BCUT2D eigenvalue weighted by Gasteiger charge is -2.32. The highest BCUT2D eigenvalue weighted by Crippen LogP contribution is 2.21. The van der Waals surface area contributed by atoms with Crippen molar-refractivity contribution in [1.29, 1.82) is 0 Å². The molecule has 1 aromatic rings. The van der Waals surface area contributed by atoms with E-state index in [1.807, 2.05) is 41.0 Å². The van der Waals surface area contributed by atoms with E-state index < -0.39 is 0 Å². The van der Waals surface area contributed by atoms with Crippen LogP contribution in [0.4, 0.5) is 0 Å². The molecule has 0 aromatic heterocycles. The van der Waals surface area contributed by atoms with Gasteiger partial charge in [0.1, 0.15) is 12.4 Å². The standard InChI is InChI=1S/C21H30N2O4/c1-2-26-16-20(24)23-12-6-7-17(14-23)15-27-19-9-5-8-18(13-19)21(25)22-10-3-4-11-22/h5,8-9,13,17H,2-4,6-7,10-12,14-16H2,1H3/t17-/m1/s1. The third kappa shape index (κ3) is 5.45. The van der Waals surface area contributed by atoms with Crippen LogP contribution in [-0.4, -0.2) is 67.6 Å². The van der Waals surface area contributed by atoms with Crippen molar-refractivity contribution in [2.75, 3.05) is 46.0 Å². The number of hydrogen-bond acceptors (Lipinski definition) is 4. The SMILES string of the molecule is CCOCC(=O)N1CCC[C@@H](COc2cccc(C(=O)N3CCCC3)c2)C1. The van der Waals surface area contributed by atoms with Gasteiger partial charge in [-0.05, 0) is 50.8 Å². The molecule has 2 saturated heterocycles. The van der Waals surface area contributed by atoms with Crippen molar-refractivity contribution in [2.45, 2.75) is 32.6 Å². The summed E-state index contributed by atoms with van der Waals surface area (Å²) in [6, 6.07) is 7.45. The minimum Gasteiger partial charge on any atom is -0.493 e. The van der Waals surface area contributed by atoms with Crippen LogP contribution < -0.4 is 4.74 Å². The molecule has 0 radical (unpaired) electrons. The fourth-order valence-corrected chi connectivity index (χ4v) is 3.74. The average Bonchev–Trinajstić information content (AvgIpc) is 3.25. The highest BCUT2D eigenvalue weighted by molar-refractivity contribution is 5.94. The van der Waals surface area contributed by atoms with Crippen molar-refractivity contribution < 1.29 is 19.1 Å². The topological polar surface area (TPSA) is 59.1 Å². The van der Waals surface area contributed by atoms with E-state index in [1.165, 1.54) is 0 Å². The van der Waals surface area contributed by atoms with Gasteiger partial charge in [0.2, 0.25) is 5.91 Å². The van der Waals surface area contributed by atoms with Crippen molar-refractivity contribution in [3.05, 3.63) is 29.8 Å². The second kappa shape index (κ2) is 9.74. The van der Waals surface area contributed by atoms with Crippen LogP contribution in [0.25, 0.3) is 0 Å². The molecular formula is C21H30N2O4. The lowest BCUT2D eigenvalue weighted by Crippen LogP contribution is -2.43. The van der Waals surface area contributed by atoms with Gasteiger partial charge in [-0.1, -0.05) is 6.07 Å². The molecule has 0 spiro atoms. The molecule has 2 fully saturated rings. The molecule has 2 heterocycles. The largest absolute Gasteiger partial charge is 0.493 e. The van der Waals surface area contributed by atoms with Gasteiger partial charge >= 0.3 is 0 Å². The summed E-state index contributed by atoms with van der Waals surface area (Å²) in [4.78, 5) is 28.4. The fourth-order valence-electron chi connectivity index (χ4n) is 3.74. The zero-order chi connectivity index (χ0) is 19.1. The van der Waals surface area contributed by atoms with Crippen LogP contribution in [0.15, 0.2) is 24.3 Å². The van der Waals surface area contributed by atoms with Crippen LogP contribution in [-0.2, 0) is 9.53 Å². The molecule has 0 aliphatic carbocycles.